The summed E-state index contributed by atoms with van der Waals surface area (Å²) < 4.78 is 10.2. The Hall–Kier alpha value is -1.83. The molecule has 1 aliphatic heterocycles. The lowest BCUT2D eigenvalue weighted by atomic mass is 9.97. The molecular formula is C17H27N3O4S. The van der Waals surface area contributed by atoms with E-state index in [1.165, 1.54) is 11.3 Å². The van der Waals surface area contributed by atoms with E-state index >= 15 is 0 Å². The van der Waals surface area contributed by atoms with Crippen molar-refractivity contribution in [2.45, 2.75) is 46.1 Å². The minimum absolute atomic E-state index is 0.349. The summed E-state index contributed by atoms with van der Waals surface area (Å²) in [5.74, 6) is 0.0507. The fourth-order valence-electron chi connectivity index (χ4n) is 2.58. The second-order valence-electron chi connectivity index (χ2n) is 7.05. The fourth-order valence-corrected chi connectivity index (χ4v) is 3.43. The minimum Gasteiger partial charge on any atom is -0.461 e. The standard InChI is InChI=1S/C17H27N3O4S/c1-5-23-14(21)13-11-25-15(19-13)20-8-6-12(7-9-20)10-18-16(22)24-17(2,3)4/h11-12H,5-10H2,1-4H3,(H,18,22). The lowest BCUT2D eigenvalue weighted by Gasteiger charge is -2.32. The van der Waals surface area contributed by atoms with Crippen LogP contribution in [0.15, 0.2) is 5.38 Å². The first-order valence-electron chi connectivity index (χ1n) is 8.63. The van der Waals surface area contributed by atoms with Gasteiger partial charge < -0.3 is 19.7 Å². The highest BCUT2D eigenvalue weighted by atomic mass is 32.1. The molecule has 7 nitrogen and oxygen atoms in total. The first-order chi connectivity index (χ1) is 11.8. The van der Waals surface area contributed by atoms with Crippen LogP contribution in [0.4, 0.5) is 9.93 Å². The molecule has 2 rings (SSSR count). The second-order valence-corrected chi connectivity index (χ2v) is 7.89. The number of carbonyl (C=O) groups is 2. The summed E-state index contributed by atoms with van der Waals surface area (Å²) >= 11 is 1.46. The summed E-state index contributed by atoms with van der Waals surface area (Å²) in [6.07, 6.45) is 1.56. The lowest BCUT2D eigenvalue weighted by Crippen LogP contribution is -2.40. The molecule has 0 bridgehead atoms. The third-order valence-corrected chi connectivity index (χ3v) is 4.70. The van der Waals surface area contributed by atoms with Crippen LogP contribution >= 0.6 is 11.3 Å². The van der Waals surface area contributed by atoms with Crippen molar-refractivity contribution in [1.29, 1.82) is 0 Å². The average molecular weight is 369 g/mol. The van der Waals surface area contributed by atoms with Gasteiger partial charge in [0.25, 0.3) is 0 Å². The molecule has 1 aromatic rings. The number of carbonyl (C=O) groups excluding carboxylic acids is 2. The maximum Gasteiger partial charge on any atom is 0.407 e. The zero-order valence-corrected chi connectivity index (χ0v) is 16.1. The highest BCUT2D eigenvalue weighted by molar-refractivity contribution is 7.13. The zero-order chi connectivity index (χ0) is 18.4. The lowest BCUT2D eigenvalue weighted by molar-refractivity contribution is 0.0509. The number of nitrogens with zero attached hydrogens (tertiary/aromatic N) is 2. The van der Waals surface area contributed by atoms with Gasteiger partial charge in [0.15, 0.2) is 10.8 Å². The summed E-state index contributed by atoms with van der Waals surface area (Å²) in [5, 5.41) is 5.43. The third-order valence-electron chi connectivity index (χ3n) is 3.80. The Morgan fingerprint density at radius 1 is 1.36 bits per heavy atom. The molecule has 1 aromatic heterocycles. The van der Waals surface area contributed by atoms with Crippen molar-refractivity contribution in [3.63, 3.8) is 0 Å². The molecule has 8 heteroatoms. The molecule has 0 saturated carbocycles. The molecule has 1 N–H and O–H groups in total. The Morgan fingerprint density at radius 2 is 2.04 bits per heavy atom. The van der Waals surface area contributed by atoms with Gasteiger partial charge in [0.1, 0.15) is 5.60 Å². The predicted octanol–water partition coefficient (Wildman–Crippen LogP) is 3.06. The molecule has 0 aromatic carbocycles. The molecule has 1 saturated heterocycles. The number of hydrogen-bond acceptors (Lipinski definition) is 7. The van der Waals surface area contributed by atoms with E-state index < -0.39 is 5.60 Å². The molecule has 0 aliphatic carbocycles. The average Bonchev–Trinajstić information content (AvgIpc) is 3.02. The number of amides is 1. The number of thiazole rings is 1. The van der Waals surface area contributed by atoms with Crippen LogP contribution in [0.2, 0.25) is 0 Å². The SMILES string of the molecule is CCOC(=O)c1csc(N2CCC(CNC(=O)OC(C)(C)C)CC2)n1. The van der Waals surface area contributed by atoms with E-state index in [4.69, 9.17) is 9.47 Å². The number of aromatic nitrogens is 1. The summed E-state index contributed by atoms with van der Waals surface area (Å²) in [5.41, 5.74) is -0.106. The first kappa shape index (κ1) is 19.5. The van der Waals surface area contributed by atoms with Gasteiger partial charge in [-0.05, 0) is 46.5 Å². The van der Waals surface area contributed by atoms with E-state index in [1.54, 1.807) is 12.3 Å². The van der Waals surface area contributed by atoms with Gasteiger partial charge in [-0.3, -0.25) is 0 Å². The van der Waals surface area contributed by atoms with Crippen molar-refractivity contribution in [3.05, 3.63) is 11.1 Å². The van der Waals surface area contributed by atoms with E-state index in [1.807, 2.05) is 20.8 Å². The van der Waals surface area contributed by atoms with Crippen LogP contribution in [0.1, 0.15) is 51.0 Å². The molecule has 1 fully saturated rings. The molecule has 0 unspecified atom stereocenters. The zero-order valence-electron chi connectivity index (χ0n) is 15.3. The Morgan fingerprint density at radius 3 is 2.64 bits per heavy atom. The number of alkyl carbamates (subject to hydrolysis) is 1. The molecule has 0 spiro atoms. The highest BCUT2D eigenvalue weighted by Gasteiger charge is 2.24. The number of esters is 1. The van der Waals surface area contributed by atoms with Gasteiger partial charge in [-0.2, -0.15) is 0 Å². The number of nitrogens with one attached hydrogen (secondary N) is 1. The normalized spacial score (nSPS) is 15.8. The summed E-state index contributed by atoms with van der Waals surface area (Å²) in [6.45, 7) is 10.0. The maximum absolute atomic E-state index is 11.7. The minimum atomic E-state index is -0.477. The van der Waals surface area contributed by atoms with Gasteiger partial charge in [-0.15, -0.1) is 11.3 Å². The molecule has 0 atom stereocenters. The van der Waals surface area contributed by atoms with E-state index in [0.29, 0.717) is 24.8 Å². The van der Waals surface area contributed by atoms with Gasteiger partial charge in [-0.1, -0.05) is 0 Å². The van der Waals surface area contributed by atoms with Gasteiger partial charge in [0.05, 0.1) is 6.61 Å². The molecular weight excluding hydrogens is 342 g/mol. The summed E-state index contributed by atoms with van der Waals surface area (Å²) in [7, 11) is 0. The number of ether oxygens (including phenoxy) is 2. The van der Waals surface area contributed by atoms with Gasteiger partial charge >= 0.3 is 12.1 Å². The van der Waals surface area contributed by atoms with E-state index in [0.717, 1.165) is 31.1 Å². The van der Waals surface area contributed by atoms with Gasteiger partial charge in [-0.25, -0.2) is 14.6 Å². The van der Waals surface area contributed by atoms with Crippen molar-refractivity contribution in [3.8, 4) is 0 Å². The molecule has 2 heterocycles. The van der Waals surface area contributed by atoms with Crippen LogP contribution in [-0.2, 0) is 9.47 Å². The molecule has 0 radical (unpaired) electrons. The van der Waals surface area contributed by atoms with E-state index in [2.05, 4.69) is 15.2 Å². The van der Waals surface area contributed by atoms with E-state index in [-0.39, 0.29) is 12.1 Å². The van der Waals surface area contributed by atoms with Crippen molar-refractivity contribution in [1.82, 2.24) is 10.3 Å². The van der Waals surface area contributed by atoms with Gasteiger partial charge in [0, 0.05) is 25.0 Å². The monoisotopic (exact) mass is 369 g/mol. The van der Waals surface area contributed by atoms with Crippen LogP contribution < -0.4 is 10.2 Å². The third kappa shape index (κ3) is 6.19. The number of anilines is 1. The molecule has 1 aliphatic rings. The van der Waals surface area contributed by atoms with Crippen LogP contribution in [0.25, 0.3) is 0 Å². The quantitative estimate of drug-likeness (QED) is 0.804. The van der Waals surface area contributed by atoms with Crippen LogP contribution in [0, 0.1) is 5.92 Å². The van der Waals surface area contributed by atoms with Crippen LogP contribution in [0.5, 0.6) is 0 Å². The smallest absolute Gasteiger partial charge is 0.407 e. The molecule has 25 heavy (non-hydrogen) atoms. The topological polar surface area (TPSA) is 80.8 Å². The largest absolute Gasteiger partial charge is 0.461 e. The van der Waals surface area contributed by atoms with Crippen LogP contribution in [-0.4, -0.2) is 48.9 Å². The Bertz CT molecular complexity index is 589. The molecule has 140 valence electrons. The Balaban J connectivity index is 1.76. The van der Waals surface area contributed by atoms with E-state index in [9.17, 15) is 9.59 Å². The number of rotatable bonds is 5. The van der Waals surface area contributed by atoms with Crippen molar-refractivity contribution in [2.75, 3.05) is 31.1 Å². The Kier molecular flexibility index (Phi) is 6.64. The van der Waals surface area contributed by atoms with Crippen molar-refractivity contribution < 1.29 is 19.1 Å². The highest BCUT2D eigenvalue weighted by Crippen LogP contribution is 2.26. The van der Waals surface area contributed by atoms with Crippen molar-refractivity contribution >= 4 is 28.5 Å². The second kappa shape index (κ2) is 8.51. The Labute approximate surface area is 152 Å². The summed E-state index contributed by atoms with van der Waals surface area (Å²) in [4.78, 5) is 30.0. The number of piperidine rings is 1. The van der Waals surface area contributed by atoms with Crippen molar-refractivity contribution in [2.24, 2.45) is 5.92 Å². The first-order valence-corrected chi connectivity index (χ1v) is 9.51. The fraction of sp³-hybridized carbons (Fsp3) is 0.706. The maximum atomic E-state index is 11.7. The molecule has 1 amide bonds. The van der Waals surface area contributed by atoms with Crippen LogP contribution in [0.3, 0.4) is 0 Å². The predicted molar refractivity (Wildman–Crippen MR) is 97.2 cm³/mol. The van der Waals surface area contributed by atoms with Gasteiger partial charge in [0.2, 0.25) is 0 Å². The summed E-state index contributed by atoms with van der Waals surface area (Å²) in [6, 6.07) is 0. The number of hydrogen-bond donors (Lipinski definition) is 1.